The zero-order valence-electron chi connectivity index (χ0n) is 21.6. The van der Waals surface area contributed by atoms with Gasteiger partial charge in [-0.15, -0.1) is 0 Å². The summed E-state index contributed by atoms with van der Waals surface area (Å²) < 4.78 is 9.93. The maximum atomic E-state index is 13.5. The maximum absolute atomic E-state index is 13.5. The summed E-state index contributed by atoms with van der Waals surface area (Å²) in [7, 11) is 0. The van der Waals surface area contributed by atoms with Gasteiger partial charge in [-0.1, -0.05) is 72.8 Å². The third-order valence-corrected chi connectivity index (χ3v) is 5.74. The number of esters is 1. The SMILES string of the molecule is CCOC(=O)CNC(=O)[C@@H]1C=CCN1C(=O)[C@H](Cc1ccccc1)NC(=O)CNC(=O)OCc1ccccc1. The molecule has 2 aromatic rings. The van der Waals surface area contributed by atoms with E-state index in [1.807, 2.05) is 48.5 Å². The molecule has 0 bridgehead atoms. The highest BCUT2D eigenvalue weighted by Crippen LogP contribution is 2.14. The van der Waals surface area contributed by atoms with Gasteiger partial charge in [-0.3, -0.25) is 19.2 Å². The van der Waals surface area contributed by atoms with Crippen LogP contribution in [0.5, 0.6) is 0 Å². The number of hydrogen-bond acceptors (Lipinski definition) is 7. The van der Waals surface area contributed by atoms with E-state index >= 15 is 0 Å². The lowest BCUT2D eigenvalue weighted by Crippen LogP contribution is -2.55. The largest absolute Gasteiger partial charge is 0.465 e. The standard InChI is InChI=1S/C28H32N4O7/c1-2-38-25(34)18-29-26(35)23-14-9-15-32(23)27(36)22(16-20-10-5-3-6-11-20)31-24(33)17-30-28(37)39-19-21-12-7-4-8-13-21/h3-14,22-23H,2,15-19H2,1H3,(H,29,35)(H,30,37)(H,31,33)/t22-,23-/m0/s1. The van der Waals surface area contributed by atoms with Gasteiger partial charge in [0.25, 0.3) is 0 Å². The predicted octanol–water partition coefficient (Wildman–Crippen LogP) is 1.09. The van der Waals surface area contributed by atoms with E-state index in [2.05, 4.69) is 16.0 Å². The number of alkyl carbamates (subject to hydrolysis) is 1. The van der Waals surface area contributed by atoms with Crippen molar-refractivity contribution in [2.45, 2.75) is 32.0 Å². The van der Waals surface area contributed by atoms with Crippen LogP contribution in [-0.2, 0) is 41.7 Å². The van der Waals surface area contributed by atoms with Gasteiger partial charge in [-0.2, -0.15) is 0 Å². The van der Waals surface area contributed by atoms with Gasteiger partial charge in [-0.05, 0) is 18.1 Å². The Kier molecular flexibility index (Phi) is 11.0. The molecule has 0 spiro atoms. The Morgan fingerprint density at radius 1 is 0.897 bits per heavy atom. The van der Waals surface area contributed by atoms with Gasteiger partial charge in [0.15, 0.2) is 0 Å². The van der Waals surface area contributed by atoms with E-state index < -0.39 is 48.4 Å². The summed E-state index contributed by atoms with van der Waals surface area (Å²) in [6.45, 7) is 1.31. The van der Waals surface area contributed by atoms with Crippen LogP contribution in [0, 0.1) is 0 Å². The monoisotopic (exact) mass is 536 g/mol. The number of carbonyl (C=O) groups excluding carboxylic acids is 5. The Balaban J connectivity index is 1.60. The highest BCUT2D eigenvalue weighted by atomic mass is 16.5. The Morgan fingerprint density at radius 3 is 2.23 bits per heavy atom. The van der Waals surface area contributed by atoms with Crippen molar-refractivity contribution in [3.8, 4) is 0 Å². The lowest BCUT2D eigenvalue weighted by Gasteiger charge is -2.28. The topological polar surface area (TPSA) is 143 Å². The molecule has 0 unspecified atom stereocenters. The van der Waals surface area contributed by atoms with E-state index in [-0.39, 0.29) is 32.7 Å². The van der Waals surface area contributed by atoms with E-state index in [9.17, 15) is 24.0 Å². The van der Waals surface area contributed by atoms with Crippen LogP contribution in [0.2, 0.25) is 0 Å². The average Bonchev–Trinajstić information content (AvgIpc) is 3.44. The summed E-state index contributed by atoms with van der Waals surface area (Å²) >= 11 is 0. The molecular formula is C28H32N4O7. The second-order valence-electron chi connectivity index (χ2n) is 8.61. The van der Waals surface area contributed by atoms with Gasteiger partial charge >= 0.3 is 12.1 Å². The normalized spacial score (nSPS) is 14.7. The van der Waals surface area contributed by atoms with Crippen molar-refractivity contribution in [2.24, 2.45) is 0 Å². The van der Waals surface area contributed by atoms with Crippen LogP contribution in [0.15, 0.2) is 72.8 Å². The smallest absolute Gasteiger partial charge is 0.407 e. The summed E-state index contributed by atoms with van der Waals surface area (Å²) in [6.07, 6.45) is 2.61. The zero-order valence-corrected chi connectivity index (χ0v) is 21.6. The molecule has 11 nitrogen and oxygen atoms in total. The van der Waals surface area contributed by atoms with Gasteiger partial charge in [0, 0.05) is 13.0 Å². The Bertz CT molecular complexity index is 1170. The molecule has 1 aliphatic rings. The van der Waals surface area contributed by atoms with Gasteiger partial charge in [0.05, 0.1) is 6.61 Å². The molecule has 11 heteroatoms. The molecule has 0 saturated heterocycles. The Hall–Kier alpha value is -4.67. The third kappa shape index (κ3) is 9.29. The Labute approximate surface area is 226 Å². The summed E-state index contributed by atoms with van der Waals surface area (Å²) in [5.74, 6) is -2.22. The van der Waals surface area contributed by atoms with Crippen LogP contribution < -0.4 is 16.0 Å². The molecule has 39 heavy (non-hydrogen) atoms. The number of nitrogens with zero attached hydrogens (tertiary/aromatic N) is 1. The molecule has 1 heterocycles. The number of benzene rings is 2. The Morgan fingerprint density at radius 2 is 1.56 bits per heavy atom. The van der Waals surface area contributed by atoms with Crippen molar-refractivity contribution in [3.05, 3.63) is 83.9 Å². The first kappa shape index (κ1) is 28.9. The summed E-state index contributed by atoms with van der Waals surface area (Å²) in [5.41, 5.74) is 1.59. The molecule has 4 amide bonds. The van der Waals surface area contributed by atoms with Gasteiger partial charge in [-0.25, -0.2) is 4.79 Å². The van der Waals surface area contributed by atoms with E-state index in [1.54, 1.807) is 31.2 Å². The minimum absolute atomic E-state index is 0.0466. The molecule has 0 aliphatic carbocycles. The third-order valence-electron chi connectivity index (χ3n) is 5.74. The van der Waals surface area contributed by atoms with Gasteiger partial charge in [0.2, 0.25) is 17.7 Å². The lowest BCUT2D eigenvalue weighted by molar-refractivity contribution is -0.144. The van der Waals surface area contributed by atoms with Crippen LogP contribution in [0.1, 0.15) is 18.1 Å². The summed E-state index contributed by atoms with van der Waals surface area (Å²) in [5, 5.41) is 7.51. The number of hydrogen-bond donors (Lipinski definition) is 3. The number of amides is 4. The van der Waals surface area contributed by atoms with Crippen molar-refractivity contribution in [3.63, 3.8) is 0 Å². The van der Waals surface area contributed by atoms with Crippen LogP contribution in [0.25, 0.3) is 0 Å². The lowest BCUT2D eigenvalue weighted by atomic mass is 10.0. The van der Waals surface area contributed by atoms with Crippen LogP contribution in [-0.4, -0.2) is 73.0 Å². The highest BCUT2D eigenvalue weighted by Gasteiger charge is 2.35. The summed E-state index contributed by atoms with van der Waals surface area (Å²) in [6, 6.07) is 16.2. The second-order valence-corrected chi connectivity index (χ2v) is 8.61. The molecule has 206 valence electrons. The van der Waals surface area contributed by atoms with Crippen molar-refractivity contribution >= 4 is 29.8 Å². The molecule has 0 fully saturated rings. The van der Waals surface area contributed by atoms with Crippen molar-refractivity contribution < 1.29 is 33.4 Å². The van der Waals surface area contributed by atoms with E-state index in [4.69, 9.17) is 9.47 Å². The minimum Gasteiger partial charge on any atom is -0.465 e. The second kappa shape index (κ2) is 14.9. The fraction of sp³-hybridized carbons (Fsp3) is 0.321. The van der Waals surface area contributed by atoms with Crippen LogP contribution >= 0.6 is 0 Å². The number of nitrogens with one attached hydrogen (secondary N) is 3. The molecule has 0 aromatic heterocycles. The minimum atomic E-state index is -1.01. The molecule has 1 aliphatic heterocycles. The quantitative estimate of drug-likeness (QED) is 0.272. The van der Waals surface area contributed by atoms with Gasteiger partial charge < -0.3 is 30.3 Å². The molecule has 3 rings (SSSR count). The number of carbonyl (C=O) groups is 5. The predicted molar refractivity (Wildman–Crippen MR) is 141 cm³/mol. The first-order valence-electron chi connectivity index (χ1n) is 12.6. The molecule has 0 radical (unpaired) electrons. The first-order chi connectivity index (χ1) is 18.9. The van der Waals surface area contributed by atoms with Gasteiger partial charge in [0.1, 0.15) is 31.8 Å². The average molecular weight is 537 g/mol. The first-order valence-corrected chi connectivity index (χ1v) is 12.6. The molecular weight excluding hydrogens is 504 g/mol. The van der Waals surface area contributed by atoms with Crippen LogP contribution in [0.4, 0.5) is 4.79 Å². The maximum Gasteiger partial charge on any atom is 0.407 e. The van der Waals surface area contributed by atoms with Crippen molar-refractivity contribution in [1.29, 1.82) is 0 Å². The molecule has 3 N–H and O–H groups in total. The van der Waals surface area contributed by atoms with E-state index in [0.29, 0.717) is 0 Å². The summed E-state index contributed by atoms with van der Waals surface area (Å²) in [4.78, 5) is 63.9. The molecule has 2 aromatic carbocycles. The fourth-order valence-corrected chi connectivity index (χ4v) is 3.87. The fourth-order valence-electron chi connectivity index (χ4n) is 3.87. The highest BCUT2D eigenvalue weighted by molar-refractivity contribution is 5.95. The molecule has 0 saturated carbocycles. The van der Waals surface area contributed by atoms with Crippen molar-refractivity contribution in [1.82, 2.24) is 20.9 Å². The van der Waals surface area contributed by atoms with Crippen molar-refractivity contribution in [2.75, 3.05) is 26.2 Å². The zero-order chi connectivity index (χ0) is 28.0. The van der Waals surface area contributed by atoms with Crippen LogP contribution in [0.3, 0.4) is 0 Å². The van der Waals surface area contributed by atoms with E-state index in [1.165, 1.54) is 4.90 Å². The number of ether oxygens (including phenoxy) is 2. The molecule has 2 atom stereocenters. The number of rotatable bonds is 12. The van der Waals surface area contributed by atoms with E-state index in [0.717, 1.165) is 11.1 Å².